The quantitative estimate of drug-likeness (QED) is 0.674. The lowest BCUT2D eigenvalue weighted by atomic mass is 10.1. The van der Waals surface area contributed by atoms with Crippen LogP contribution in [0.1, 0.15) is 6.92 Å². The first-order valence-electron chi connectivity index (χ1n) is 5.91. The van der Waals surface area contributed by atoms with Crippen LogP contribution in [0.25, 0.3) is 17.6 Å². The van der Waals surface area contributed by atoms with Crippen molar-refractivity contribution in [3.05, 3.63) is 35.6 Å². The minimum absolute atomic E-state index is 0.529. The van der Waals surface area contributed by atoms with E-state index in [1.54, 1.807) is 29.1 Å². The van der Waals surface area contributed by atoms with Crippen LogP contribution in [-0.2, 0) is 4.74 Å². The van der Waals surface area contributed by atoms with Gasteiger partial charge in [0.1, 0.15) is 6.33 Å². The summed E-state index contributed by atoms with van der Waals surface area (Å²) in [6.45, 7) is 3.15. The van der Waals surface area contributed by atoms with Gasteiger partial charge in [-0.05, 0) is 31.2 Å². The third kappa shape index (κ3) is 3.33. The van der Waals surface area contributed by atoms with Crippen molar-refractivity contribution in [3.8, 4) is 11.4 Å². The molecule has 5 nitrogen and oxygen atoms in total. The van der Waals surface area contributed by atoms with Gasteiger partial charge in [0.05, 0.1) is 6.61 Å². The Bertz CT molecular complexity index is 580. The first-order chi connectivity index (χ1) is 9.22. The van der Waals surface area contributed by atoms with E-state index in [0.29, 0.717) is 29.7 Å². The summed E-state index contributed by atoms with van der Waals surface area (Å²) in [5.74, 6) is 0.646. The van der Waals surface area contributed by atoms with Crippen LogP contribution >= 0.6 is 11.6 Å². The summed E-state index contributed by atoms with van der Waals surface area (Å²) in [5, 5.41) is 4.73. The molecule has 2 rings (SSSR count). The normalized spacial score (nSPS) is 11.3. The van der Waals surface area contributed by atoms with Crippen molar-refractivity contribution in [2.24, 2.45) is 0 Å². The molecular weight excluding hydrogens is 264 g/mol. The number of hydrogen-bond acceptors (Lipinski definition) is 4. The zero-order valence-electron chi connectivity index (χ0n) is 10.6. The van der Waals surface area contributed by atoms with E-state index in [9.17, 15) is 0 Å². The number of ether oxygens (including phenoxy) is 1. The van der Waals surface area contributed by atoms with Gasteiger partial charge in [0.2, 0.25) is 0 Å². The second kappa shape index (κ2) is 6.36. The number of aromatic nitrogens is 3. The first-order valence-corrected chi connectivity index (χ1v) is 6.29. The summed E-state index contributed by atoms with van der Waals surface area (Å²) in [7, 11) is 0. The van der Waals surface area contributed by atoms with E-state index >= 15 is 0 Å². The Balaban J connectivity index is 2.28. The summed E-state index contributed by atoms with van der Waals surface area (Å²) in [6, 6.07) is 5.26. The lowest BCUT2D eigenvalue weighted by Crippen LogP contribution is -1.98. The highest BCUT2D eigenvalue weighted by Crippen LogP contribution is 2.27. The molecule has 0 atom stereocenters. The summed E-state index contributed by atoms with van der Waals surface area (Å²) >= 11 is 5.98. The van der Waals surface area contributed by atoms with E-state index in [2.05, 4.69) is 10.1 Å². The van der Waals surface area contributed by atoms with Crippen LogP contribution < -0.4 is 5.73 Å². The van der Waals surface area contributed by atoms with Gasteiger partial charge in [0.25, 0.3) is 0 Å². The average Bonchev–Trinajstić information content (AvgIpc) is 2.86. The molecule has 0 unspecified atom stereocenters. The van der Waals surface area contributed by atoms with Gasteiger partial charge in [-0.25, -0.2) is 9.67 Å². The molecule has 1 aromatic heterocycles. The Labute approximate surface area is 116 Å². The maximum atomic E-state index is 5.98. The van der Waals surface area contributed by atoms with Gasteiger partial charge >= 0.3 is 0 Å². The standard InChI is InChI=1S/C13H15ClN4O/c1-2-19-7-3-6-18-13(16-9-17-18)11-8-10(14)4-5-12(11)15/h3-6,8-9H,2,7,15H2,1H3/b6-3-. The van der Waals surface area contributed by atoms with Crippen LogP contribution in [0, 0.1) is 0 Å². The number of hydrogen-bond donors (Lipinski definition) is 1. The van der Waals surface area contributed by atoms with Crippen LogP contribution in [0.3, 0.4) is 0 Å². The van der Waals surface area contributed by atoms with Gasteiger partial charge < -0.3 is 10.5 Å². The number of nitrogens with two attached hydrogens (primary N) is 1. The largest absolute Gasteiger partial charge is 0.398 e. The molecule has 0 bridgehead atoms. The van der Waals surface area contributed by atoms with E-state index in [1.807, 2.05) is 13.0 Å². The summed E-state index contributed by atoms with van der Waals surface area (Å²) in [6.07, 6.45) is 5.13. The molecule has 0 aliphatic rings. The van der Waals surface area contributed by atoms with Crippen LogP contribution in [-0.4, -0.2) is 28.0 Å². The highest BCUT2D eigenvalue weighted by atomic mass is 35.5. The number of benzene rings is 1. The summed E-state index contributed by atoms with van der Waals surface area (Å²) in [4.78, 5) is 4.21. The van der Waals surface area contributed by atoms with Gasteiger partial charge in [0, 0.05) is 29.1 Å². The van der Waals surface area contributed by atoms with Gasteiger partial charge in [-0.15, -0.1) is 0 Å². The lowest BCUT2D eigenvalue weighted by molar-refractivity contribution is 0.178. The molecule has 0 saturated carbocycles. The maximum Gasteiger partial charge on any atom is 0.164 e. The zero-order valence-corrected chi connectivity index (χ0v) is 11.3. The smallest absolute Gasteiger partial charge is 0.164 e. The Morgan fingerprint density at radius 2 is 2.32 bits per heavy atom. The third-order valence-corrected chi connectivity index (χ3v) is 2.73. The molecule has 1 aromatic carbocycles. The molecule has 0 aliphatic carbocycles. The first kappa shape index (κ1) is 13.6. The highest BCUT2D eigenvalue weighted by molar-refractivity contribution is 6.31. The lowest BCUT2D eigenvalue weighted by Gasteiger charge is -2.05. The molecule has 0 spiro atoms. The Morgan fingerprint density at radius 1 is 1.47 bits per heavy atom. The molecule has 1 heterocycles. The van der Waals surface area contributed by atoms with E-state index in [-0.39, 0.29) is 0 Å². The second-order valence-electron chi connectivity index (χ2n) is 3.80. The van der Waals surface area contributed by atoms with E-state index in [4.69, 9.17) is 22.1 Å². The third-order valence-electron chi connectivity index (χ3n) is 2.49. The van der Waals surface area contributed by atoms with Gasteiger partial charge in [-0.2, -0.15) is 5.10 Å². The van der Waals surface area contributed by atoms with Gasteiger partial charge in [0.15, 0.2) is 5.82 Å². The average molecular weight is 279 g/mol. The fraction of sp³-hybridized carbons (Fsp3) is 0.231. The molecular formula is C13H15ClN4O. The number of nitrogens with zero attached hydrogens (tertiary/aromatic N) is 3. The summed E-state index contributed by atoms with van der Waals surface area (Å²) < 4.78 is 6.87. The van der Waals surface area contributed by atoms with E-state index < -0.39 is 0 Å². The van der Waals surface area contributed by atoms with E-state index in [1.165, 1.54) is 6.33 Å². The molecule has 0 aliphatic heterocycles. The maximum absolute atomic E-state index is 5.98. The minimum Gasteiger partial charge on any atom is -0.398 e. The molecule has 2 N–H and O–H groups in total. The predicted octanol–water partition coefficient (Wildman–Crippen LogP) is 2.69. The number of rotatable bonds is 5. The molecule has 0 saturated heterocycles. The monoisotopic (exact) mass is 278 g/mol. The predicted molar refractivity (Wildman–Crippen MR) is 76.7 cm³/mol. The number of nitrogen functional groups attached to an aromatic ring is 1. The fourth-order valence-corrected chi connectivity index (χ4v) is 1.78. The number of anilines is 1. The topological polar surface area (TPSA) is 66.0 Å². The molecule has 0 radical (unpaired) electrons. The van der Waals surface area contributed by atoms with Crippen molar-refractivity contribution >= 4 is 23.5 Å². The van der Waals surface area contributed by atoms with Gasteiger partial charge in [-0.3, -0.25) is 0 Å². The Hall–Kier alpha value is -1.85. The Morgan fingerprint density at radius 3 is 3.11 bits per heavy atom. The van der Waals surface area contributed by atoms with Crippen molar-refractivity contribution < 1.29 is 4.74 Å². The van der Waals surface area contributed by atoms with Crippen LogP contribution in [0.4, 0.5) is 5.69 Å². The van der Waals surface area contributed by atoms with Crippen molar-refractivity contribution in [2.75, 3.05) is 18.9 Å². The molecule has 0 fully saturated rings. The molecule has 0 amide bonds. The highest BCUT2D eigenvalue weighted by Gasteiger charge is 2.09. The van der Waals surface area contributed by atoms with Crippen molar-refractivity contribution in [1.82, 2.24) is 14.8 Å². The zero-order chi connectivity index (χ0) is 13.7. The minimum atomic E-state index is 0.529. The van der Waals surface area contributed by atoms with Crippen molar-refractivity contribution in [2.45, 2.75) is 6.92 Å². The molecule has 6 heteroatoms. The second-order valence-corrected chi connectivity index (χ2v) is 4.24. The van der Waals surface area contributed by atoms with Crippen molar-refractivity contribution in [3.63, 3.8) is 0 Å². The SMILES string of the molecule is CCOC/C=C\n1ncnc1-c1cc(Cl)ccc1N. The van der Waals surface area contributed by atoms with Crippen LogP contribution in [0.2, 0.25) is 5.02 Å². The fourth-order valence-electron chi connectivity index (χ4n) is 1.60. The Kier molecular flexibility index (Phi) is 4.54. The summed E-state index contributed by atoms with van der Waals surface area (Å²) in [5.41, 5.74) is 7.30. The van der Waals surface area contributed by atoms with Crippen LogP contribution in [0.15, 0.2) is 30.6 Å². The van der Waals surface area contributed by atoms with Crippen molar-refractivity contribution in [1.29, 1.82) is 0 Å². The van der Waals surface area contributed by atoms with E-state index in [0.717, 1.165) is 5.56 Å². The molecule has 100 valence electrons. The van der Waals surface area contributed by atoms with Crippen LogP contribution in [0.5, 0.6) is 0 Å². The molecule has 2 aromatic rings. The molecule has 19 heavy (non-hydrogen) atoms. The van der Waals surface area contributed by atoms with Gasteiger partial charge in [-0.1, -0.05) is 11.6 Å². The number of halogens is 1.